The van der Waals surface area contributed by atoms with Crippen molar-refractivity contribution >= 4 is 32.5 Å². The van der Waals surface area contributed by atoms with E-state index < -0.39 is 16.1 Å². The number of amides is 1. The van der Waals surface area contributed by atoms with Crippen LogP contribution in [0.1, 0.15) is 43.2 Å². The molecule has 3 aromatic rings. The molecule has 0 spiro atoms. The average Bonchev–Trinajstić information content (AvgIpc) is 2.83. The van der Waals surface area contributed by atoms with Crippen molar-refractivity contribution in [2.24, 2.45) is 5.73 Å². The van der Waals surface area contributed by atoms with Gasteiger partial charge in [0.05, 0.1) is 4.90 Å². The minimum Gasteiger partial charge on any atom is -0.384 e. The van der Waals surface area contributed by atoms with E-state index in [1.165, 1.54) is 0 Å². The minimum atomic E-state index is -3.96. The number of nitrogens with zero attached hydrogens (tertiary/aromatic N) is 1. The summed E-state index contributed by atoms with van der Waals surface area (Å²) in [7, 11) is -3.96. The van der Waals surface area contributed by atoms with Gasteiger partial charge in [-0.3, -0.25) is 10.2 Å². The Morgan fingerprint density at radius 1 is 0.914 bits per heavy atom. The van der Waals surface area contributed by atoms with E-state index in [0.717, 1.165) is 48.4 Å². The Morgan fingerprint density at radius 3 is 2.31 bits per heavy atom. The molecule has 4 rings (SSSR count). The summed E-state index contributed by atoms with van der Waals surface area (Å²) in [5, 5.41) is 9.48. The first kappa shape index (κ1) is 24.9. The molecule has 1 aliphatic rings. The molecule has 0 aromatic heterocycles. The van der Waals surface area contributed by atoms with Gasteiger partial charge in [-0.05, 0) is 53.8 Å². The molecule has 0 aliphatic carbocycles. The molecule has 0 radical (unpaired) electrons. The fraction of sp³-hybridized carbons (Fsp3) is 0.333. The molecule has 8 heteroatoms. The van der Waals surface area contributed by atoms with Gasteiger partial charge >= 0.3 is 0 Å². The normalized spacial score (nSPS) is 15.8. The fourth-order valence-corrected chi connectivity index (χ4v) is 5.78. The van der Waals surface area contributed by atoms with E-state index in [4.69, 9.17) is 11.1 Å². The lowest BCUT2D eigenvalue weighted by molar-refractivity contribution is -0.133. The highest BCUT2D eigenvalue weighted by Gasteiger charge is 2.30. The Labute approximate surface area is 206 Å². The molecule has 1 fully saturated rings. The number of carbonyl (C=O) groups excluding carboxylic acids is 1. The number of sulfonamides is 1. The number of rotatable bonds is 7. The zero-order valence-corrected chi connectivity index (χ0v) is 20.6. The van der Waals surface area contributed by atoms with Crippen LogP contribution in [0.25, 0.3) is 10.8 Å². The first-order valence-electron chi connectivity index (χ1n) is 12.1. The monoisotopic (exact) mass is 492 g/mol. The van der Waals surface area contributed by atoms with Crippen molar-refractivity contribution in [2.45, 2.75) is 49.5 Å². The fourth-order valence-electron chi connectivity index (χ4n) is 4.56. The largest absolute Gasteiger partial charge is 0.384 e. The van der Waals surface area contributed by atoms with Crippen LogP contribution in [0.3, 0.4) is 0 Å². The van der Waals surface area contributed by atoms with E-state index in [2.05, 4.69) is 4.72 Å². The standard InChI is InChI=1S/C27H32N4O3S/c28-26(29)23-12-8-9-20(17-23)18-25(27(32)31-15-6-2-1-3-7-16-31)30-35(33,34)24-14-13-21-10-4-5-11-22(21)19-24/h4-5,8-14,17,19,25,30H,1-3,6-7,15-16,18H2,(H3,28,29)/t25-/m0/s1. The number of nitrogens with one attached hydrogen (secondary N) is 2. The second-order valence-electron chi connectivity index (χ2n) is 9.09. The maximum absolute atomic E-state index is 13.6. The minimum absolute atomic E-state index is 0.0739. The maximum Gasteiger partial charge on any atom is 0.241 e. The highest BCUT2D eigenvalue weighted by molar-refractivity contribution is 7.89. The molecule has 3 aromatic carbocycles. The van der Waals surface area contributed by atoms with Crippen molar-refractivity contribution in [3.05, 3.63) is 77.9 Å². The Hall–Kier alpha value is -3.23. The van der Waals surface area contributed by atoms with E-state index >= 15 is 0 Å². The van der Waals surface area contributed by atoms with Crippen molar-refractivity contribution < 1.29 is 13.2 Å². The van der Waals surface area contributed by atoms with Crippen LogP contribution in [0.2, 0.25) is 0 Å². The summed E-state index contributed by atoms with van der Waals surface area (Å²) >= 11 is 0. The molecule has 1 heterocycles. The molecule has 1 aliphatic heterocycles. The van der Waals surface area contributed by atoms with Gasteiger partial charge in [0.2, 0.25) is 15.9 Å². The lowest BCUT2D eigenvalue weighted by atomic mass is 10.0. The number of nitrogens with two attached hydrogens (primary N) is 1. The lowest BCUT2D eigenvalue weighted by Crippen LogP contribution is -2.50. The predicted molar refractivity (Wildman–Crippen MR) is 139 cm³/mol. The molecular weight excluding hydrogens is 460 g/mol. The molecule has 1 amide bonds. The van der Waals surface area contributed by atoms with Gasteiger partial charge in [-0.1, -0.05) is 67.8 Å². The van der Waals surface area contributed by atoms with Crippen LogP contribution in [0.5, 0.6) is 0 Å². The molecule has 0 saturated carbocycles. The first-order valence-corrected chi connectivity index (χ1v) is 13.5. The van der Waals surface area contributed by atoms with Gasteiger partial charge in [0.15, 0.2) is 0 Å². The Morgan fingerprint density at radius 2 is 1.60 bits per heavy atom. The van der Waals surface area contributed by atoms with Crippen molar-refractivity contribution in [3.8, 4) is 0 Å². The highest BCUT2D eigenvalue weighted by atomic mass is 32.2. The molecule has 1 saturated heterocycles. The Bertz CT molecular complexity index is 1310. The van der Waals surface area contributed by atoms with Gasteiger partial charge in [-0.2, -0.15) is 4.72 Å². The van der Waals surface area contributed by atoms with E-state index in [0.29, 0.717) is 18.7 Å². The van der Waals surface area contributed by atoms with Gasteiger partial charge < -0.3 is 10.6 Å². The number of nitrogen functional groups attached to an aromatic ring is 1. The van der Waals surface area contributed by atoms with Crippen LogP contribution in [0, 0.1) is 5.41 Å². The molecule has 0 bridgehead atoms. The third-order valence-electron chi connectivity index (χ3n) is 6.47. The third-order valence-corrected chi connectivity index (χ3v) is 7.94. The molecule has 184 valence electrons. The zero-order chi connectivity index (χ0) is 24.8. The smallest absolute Gasteiger partial charge is 0.241 e. The highest BCUT2D eigenvalue weighted by Crippen LogP contribution is 2.21. The second-order valence-corrected chi connectivity index (χ2v) is 10.8. The second kappa shape index (κ2) is 11.0. The molecule has 4 N–H and O–H groups in total. The summed E-state index contributed by atoms with van der Waals surface area (Å²) in [4.78, 5) is 15.6. The van der Waals surface area contributed by atoms with Gasteiger partial charge in [0.1, 0.15) is 11.9 Å². The zero-order valence-electron chi connectivity index (χ0n) is 19.7. The van der Waals surface area contributed by atoms with Crippen LogP contribution in [0.15, 0.2) is 71.6 Å². The SMILES string of the molecule is N=C(N)c1cccc(C[C@H](NS(=O)(=O)c2ccc3ccccc3c2)C(=O)N2CCCCCCC2)c1. The van der Waals surface area contributed by atoms with Crippen LogP contribution < -0.4 is 10.5 Å². The predicted octanol–water partition coefficient (Wildman–Crippen LogP) is 3.81. The summed E-state index contributed by atoms with van der Waals surface area (Å²) in [6, 6.07) is 18.6. The number of carbonyl (C=O) groups is 1. The van der Waals surface area contributed by atoms with Crippen molar-refractivity contribution in [1.29, 1.82) is 5.41 Å². The van der Waals surface area contributed by atoms with E-state index in [1.807, 2.05) is 30.3 Å². The first-order chi connectivity index (χ1) is 16.8. The summed E-state index contributed by atoms with van der Waals surface area (Å²) in [5.74, 6) is -0.292. The van der Waals surface area contributed by atoms with Gasteiger partial charge in [-0.15, -0.1) is 0 Å². The summed E-state index contributed by atoms with van der Waals surface area (Å²) < 4.78 is 29.6. The van der Waals surface area contributed by atoms with Crippen LogP contribution in [-0.4, -0.2) is 44.2 Å². The number of fused-ring (bicyclic) bond motifs is 1. The summed E-state index contributed by atoms with van der Waals surface area (Å²) in [5.41, 5.74) is 6.92. The topological polar surface area (TPSA) is 116 Å². The number of benzene rings is 3. The van der Waals surface area contributed by atoms with Crippen LogP contribution in [0.4, 0.5) is 0 Å². The number of hydrogen-bond acceptors (Lipinski definition) is 4. The summed E-state index contributed by atoms with van der Waals surface area (Å²) in [6.45, 7) is 1.25. The molecule has 1 atom stereocenters. The number of likely N-dealkylation sites (tertiary alicyclic amines) is 1. The summed E-state index contributed by atoms with van der Waals surface area (Å²) in [6.07, 6.45) is 5.29. The average molecular weight is 493 g/mol. The third kappa shape index (κ3) is 6.26. The number of hydrogen-bond donors (Lipinski definition) is 3. The van der Waals surface area contributed by atoms with Gasteiger partial charge in [0.25, 0.3) is 0 Å². The van der Waals surface area contributed by atoms with Gasteiger partial charge in [-0.25, -0.2) is 8.42 Å². The maximum atomic E-state index is 13.6. The van der Waals surface area contributed by atoms with E-state index in [-0.39, 0.29) is 23.1 Å². The van der Waals surface area contributed by atoms with Crippen molar-refractivity contribution in [3.63, 3.8) is 0 Å². The van der Waals surface area contributed by atoms with Crippen molar-refractivity contribution in [1.82, 2.24) is 9.62 Å². The van der Waals surface area contributed by atoms with Crippen molar-refractivity contribution in [2.75, 3.05) is 13.1 Å². The quantitative estimate of drug-likeness (QED) is 0.343. The van der Waals surface area contributed by atoms with Crippen LogP contribution in [-0.2, 0) is 21.2 Å². The molecule has 7 nitrogen and oxygen atoms in total. The van der Waals surface area contributed by atoms with E-state index in [9.17, 15) is 13.2 Å². The molecule has 35 heavy (non-hydrogen) atoms. The molecule has 0 unspecified atom stereocenters. The Kier molecular flexibility index (Phi) is 7.83. The van der Waals surface area contributed by atoms with E-state index in [1.54, 1.807) is 41.3 Å². The van der Waals surface area contributed by atoms with Crippen LogP contribution >= 0.6 is 0 Å². The Balaban J connectivity index is 1.64. The number of amidine groups is 1. The lowest BCUT2D eigenvalue weighted by Gasteiger charge is -2.29. The molecular formula is C27H32N4O3S. The van der Waals surface area contributed by atoms with Gasteiger partial charge in [0, 0.05) is 18.7 Å².